The van der Waals surface area contributed by atoms with Gasteiger partial charge in [0.1, 0.15) is 12.2 Å². The van der Waals surface area contributed by atoms with Gasteiger partial charge >= 0.3 is 0 Å². The lowest BCUT2D eigenvalue weighted by atomic mass is 10.2. The van der Waals surface area contributed by atoms with Crippen molar-refractivity contribution in [2.24, 2.45) is 5.92 Å². The minimum Gasteiger partial charge on any atom is -0.481 e. The first kappa shape index (κ1) is 9.77. The fraction of sp³-hybridized carbons (Fsp3) is 0.571. The molecule has 4 rings (SSSR count). The van der Waals surface area contributed by atoms with Gasteiger partial charge in [-0.15, -0.1) is 0 Å². The molecule has 2 aliphatic heterocycles. The smallest absolute Gasteiger partial charge is 0.161 e. The molecule has 2 fully saturated rings. The predicted molar refractivity (Wildman–Crippen MR) is 64.4 cm³/mol. The van der Waals surface area contributed by atoms with Gasteiger partial charge in [0.2, 0.25) is 0 Å². The van der Waals surface area contributed by atoms with Crippen molar-refractivity contribution in [2.75, 3.05) is 19.6 Å². The van der Waals surface area contributed by atoms with E-state index < -0.39 is 0 Å². The summed E-state index contributed by atoms with van der Waals surface area (Å²) in [6.45, 7) is 3.28. The maximum Gasteiger partial charge on any atom is 0.161 e. The lowest BCUT2D eigenvalue weighted by molar-refractivity contribution is 0.0552. The van der Waals surface area contributed by atoms with E-state index in [-0.39, 0.29) is 12.2 Å². The Morgan fingerprint density at radius 1 is 1.00 bits per heavy atom. The van der Waals surface area contributed by atoms with Crippen LogP contribution < -0.4 is 9.47 Å². The SMILES string of the molecule is c1ccc2c(c1)O[C@H]1CN(CC3CC3)C[C@@H]1O2. The fourth-order valence-corrected chi connectivity index (χ4v) is 2.83. The minimum atomic E-state index is 0.226. The first-order chi connectivity index (χ1) is 8.38. The highest BCUT2D eigenvalue weighted by molar-refractivity contribution is 5.41. The first-order valence-electron chi connectivity index (χ1n) is 6.53. The molecule has 1 aromatic rings. The van der Waals surface area contributed by atoms with Crippen LogP contribution in [0.1, 0.15) is 12.8 Å². The van der Waals surface area contributed by atoms with Crippen LogP contribution in [0.3, 0.4) is 0 Å². The van der Waals surface area contributed by atoms with Crippen LogP contribution in [0.2, 0.25) is 0 Å². The van der Waals surface area contributed by atoms with Gasteiger partial charge in [-0.1, -0.05) is 12.1 Å². The lowest BCUT2D eigenvalue weighted by Gasteiger charge is -2.28. The van der Waals surface area contributed by atoms with Crippen molar-refractivity contribution in [1.29, 1.82) is 0 Å². The molecule has 90 valence electrons. The Bertz CT molecular complexity index is 397. The molecule has 0 amide bonds. The Hall–Kier alpha value is -1.22. The molecule has 3 heteroatoms. The second kappa shape index (κ2) is 3.64. The van der Waals surface area contributed by atoms with E-state index in [1.165, 1.54) is 19.4 Å². The topological polar surface area (TPSA) is 21.7 Å². The van der Waals surface area contributed by atoms with Crippen LogP contribution in [0.15, 0.2) is 24.3 Å². The summed E-state index contributed by atoms with van der Waals surface area (Å²) in [7, 11) is 0. The maximum atomic E-state index is 6.02. The molecule has 0 N–H and O–H groups in total. The molecule has 3 nitrogen and oxygen atoms in total. The van der Waals surface area contributed by atoms with Crippen molar-refractivity contribution in [1.82, 2.24) is 4.90 Å². The highest BCUT2D eigenvalue weighted by Gasteiger charge is 2.41. The number of hydrogen-bond donors (Lipinski definition) is 0. The summed E-state index contributed by atoms with van der Waals surface area (Å²) in [5.74, 6) is 2.75. The van der Waals surface area contributed by atoms with Crippen LogP contribution in [-0.2, 0) is 0 Å². The van der Waals surface area contributed by atoms with Crippen molar-refractivity contribution in [2.45, 2.75) is 25.0 Å². The average Bonchev–Trinajstić information content (AvgIpc) is 3.06. The fourth-order valence-electron chi connectivity index (χ4n) is 2.83. The number of likely N-dealkylation sites (tertiary alicyclic amines) is 1. The van der Waals surface area contributed by atoms with Gasteiger partial charge in [0, 0.05) is 19.6 Å². The van der Waals surface area contributed by atoms with Gasteiger partial charge in [0.15, 0.2) is 11.5 Å². The van der Waals surface area contributed by atoms with Crippen molar-refractivity contribution >= 4 is 0 Å². The second-order valence-corrected chi connectivity index (χ2v) is 5.42. The molecule has 1 saturated heterocycles. The molecule has 17 heavy (non-hydrogen) atoms. The number of rotatable bonds is 2. The summed E-state index contributed by atoms with van der Waals surface area (Å²) >= 11 is 0. The third kappa shape index (κ3) is 1.78. The summed E-state index contributed by atoms with van der Waals surface area (Å²) < 4.78 is 12.0. The van der Waals surface area contributed by atoms with E-state index in [2.05, 4.69) is 4.90 Å². The van der Waals surface area contributed by atoms with E-state index in [1.807, 2.05) is 24.3 Å². The Morgan fingerprint density at radius 3 is 2.12 bits per heavy atom. The van der Waals surface area contributed by atoms with Gasteiger partial charge in [-0.3, -0.25) is 4.90 Å². The maximum absolute atomic E-state index is 6.02. The van der Waals surface area contributed by atoms with Gasteiger partial charge in [-0.2, -0.15) is 0 Å². The molecule has 1 aromatic carbocycles. The summed E-state index contributed by atoms with van der Waals surface area (Å²) in [6.07, 6.45) is 3.27. The third-order valence-electron chi connectivity index (χ3n) is 3.91. The number of benzene rings is 1. The number of fused-ring (bicyclic) bond motifs is 2. The number of para-hydroxylation sites is 2. The molecule has 0 unspecified atom stereocenters. The molecule has 2 heterocycles. The molecule has 1 aliphatic carbocycles. The standard InChI is InChI=1S/C14H17NO2/c1-2-4-12-11(3-1)16-13-8-15(7-10-5-6-10)9-14(13)17-12/h1-4,10,13-14H,5-9H2/t13-,14-/m0/s1. The highest BCUT2D eigenvalue weighted by atomic mass is 16.6. The Morgan fingerprint density at radius 2 is 1.59 bits per heavy atom. The van der Waals surface area contributed by atoms with Gasteiger partial charge in [0.05, 0.1) is 0 Å². The zero-order valence-electron chi connectivity index (χ0n) is 9.84. The summed E-state index contributed by atoms with van der Waals surface area (Å²) in [6, 6.07) is 7.99. The Kier molecular flexibility index (Phi) is 2.09. The van der Waals surface area contributed by atoms with Crippen molar-refractivity contribution in [3.8, 4) is 11.5 Å². The van der Waals surface area contributed by atoms with E-state index >= 15 is 0 Å². The molecule has 3 aliphatic rings. The normalized spacial score (nSPS) is 31.3. The van der Waals surface area contributed by atoms with E-state index in [1.54, 1.807) is 0 Å². The van der Waals surface area contributed by atoms with Crippen molar-refractivity contribution < 1.29 is 9.47 Å². The zero-order chi connectivity index (χ0) is 11.2. The molecule has 0 aromatic heterocycles. The van der Waals surface area contributed by atoms with Gasteiger partial charge in [-0.25, -0.2) is 0 Å². The van der Waals surface area contributed by atoms with Crippen LogP contribution in [0, 0.1) is 5.92 Å². The van der Waals surface area contributed by atoms with Crippen LogP contribution in [0.5, 0.6) is 11.5 Å². The quantitative estimate of drug-likeness (QED) is 0.776. The summed E-state index contributed by atoms with van der Waals surface area (Å²) in [4.78, 5) is 2.50. The van der Waals surface area contributed by atoms with Crippen LogP contribution in [0.25, 0.3) is 0 Å². The molecule has 0 radical (unpaired) electrons. The molecule has 0 bridgehead atoms. The van der Waals surface area contributed by atoms with E-state index in [4.69, 9.17) is 9.47 Å². The van der Waals surface area contributed by atoms with E-state index in [0.29, 0.717) is 0 Å². The predicted octanol–water partition coefficient (Wildman–Crippen LogP) is 1.92. The first-order valence-corrected chi connectivity index (χ1v) is 6.53. The van der Waals surface area contributed by atoms with Gasteiger partial charge in [-0.05, 0) is 30.9 Å². The third-order valence-corrected chi connectivity index (χ3v) is 3.91. The van der Waals surface area contributed by atoms with Crippen molar-refractivity contribution in [3.63, 3.8) is 0 Å². The summed E-state index contributed by atoms with van der Waals surface area (Å²) in [5, 5.41) is 0. The van der Waals surface area contributed by atoms with Crippen LogP contribution in [-0.4, -0.2) is 36.7 Å². The van der Waals surface area contributed by atoms with Crippen LogP contribution in [0.4, 0.5) is 0 Å². The largest absolute Gasteiger partial charge is 0.481 e. The highest BCUT2D eigenvalue weighted by Crippen LogP contribution is 2.37. The molecular weight excluding hydrogens is 214 g/mol. The monoisotopic (exact) mass is 231 g/mol. The molecule has 2 atom stereocenters. The van der Waals surface area contributed by atoms with Crippen LogP contribution >= 0.6 is 0 Å². The second-order valence-electron chi connectivity index (χ2n) is 5.42. The summed E-state index contributed by atoms with van der Waals surface area (Å²) in [5.41, 5.74) is 0. The Labute approximate surface area is 101 Å². The number of hydrogen-bond acceptors (Lipinski definition) is 3. The minimum absolute atomic E-state index is 0.226. The van der Waals surface area contributed by atoms with Gasteiger partial charge in [0.25, 0.3) is 0 Å². The lowest BCUT2D eigenvalue weighted by Crippen LogP contribution is -2.38. The van der Waals surface area contributed by atoms with Gasteiger partial charge < -0.3 is 9.47 Å². The van der Waals surface area contributed by atoms with E-state index in [9.17, 15) is 0 Å². The molecule has 0 spiro atoms. The Balaban J connectivity index is 1.50. The molecular formula is C14H17NO2. The van der Waals surface area contributed by atoms with E-state index in [0.717, 1.165) is 30.5 Å². The zero-order valence-corrected chi connectivity index (χ0v) is 9.84. The number of nitrogens with zero attached hydrogens (tertiary/aromatic N) is 1. The number of ether oxygens (including phenoxy) is 2. The average molecular weight is 231 g/mol. The molecule has 1 saturated carbocycles. The van der Waals surface area contributed by atoms with Crippen molar-refractivity contribution in [3.05, 3.63) is 24.3 Å².